The molecule has 0 amide bonds. The zero-order valence-corrected chi connectivity index (χ0v) is 10.2. The van der Waals surface area contributed by atoms with E-state index in [2.05, 4.69) is 4.98 Å². The molecule has 0 aromatic carbocycles. The molecule has 0 aliphatic rings. The summed E-state index contributed by atoms with van der Waals surface area (Å²) in [5, 5.41) is 0. The molecule has 5 heteroatoms. The molecular weight excluding hydrogens is 224 g/mol. The van der Waals surface area contributed by atoms with Crippen molar-refractivity contribution in [1.82, 2.24) is 4.98 Å². The van der Waals surface area contributed by atoms with Gasteiger partial charge in [-0.3, -0.25) is 9.19 Å². The van der Waals surface area contributed by atoms with Gasteiger partial charge in [0.2, 0.25) is 0 Å². The van der Waals surface area contributed by atoms with Gasteiger partial charge >= 0.3 is 0 Å². The number of nitrogens with zero attached hydrogens (tertiary/aromatic N) is 1. The number of nitrogens with two attached hydrogens (primary N) is 1. The molecule has 0 saturated carbocycles. The molecule has 16 heavy (non-hydrogen) atoms. The van der Waals surface area contributed by atoms with Crippen molar-refractivity contribution in [3.05, 3.63) is 30.1 Å². The van der Waals surface area contributed by atoms with Crippen LogP contribution >= 0.6 is 0 Å². The van der Waals surface area contributed by atoms with E-state index in [0.29, 0.717) is 6.42 Å². The molecule has 1 heterocycles. The van der Waals surface area contributed by atoms with Gasteiger partial charge in [0.05, 0.1) is 0 Å². The molecule has 0 saturated heterocycles. The van der Waals surface area contributed by atoms with Gasteiger partial charge in [0.1, 0.15) is 0 Å². The third-order valence-corrected chi connectivity index (χ3v) is 3.19. The monoisotopic (exact) mass is 241 g/mol. The molecule has 1 rings (SSSR count). The van der Waals surface area contributed by atoms with Gasteiger partial charge in [-0.1, -0.05) is 24.1 Å². The maximum absolute atomic E-state index is 10.5. The van der Waals surface area contributed by atoms with Gasteiger partial charge in [-0.2, -0.15) is 0 Å². The van der Waals surface area contributed by atoms with E-state index in [-0.39, 0.29) is 17.7 Å². The molecule has 0 bridgehead atoms. The molecule has 1 aromatic heterocycles. The summed E-state index contributed by atoms with van der Waals surface area (Å²) >= 11 is -1.98. The van der Waals surface area contributed by atoms with E-state index in [1.165, 1.54) is 0 Å². The van der Waals surface area contributed by atoms with Crippen molar-refractivity contribution in [2.75, 3.05) is 5.75 Å². The molecule has 0 aliphatic carbocycles. The van der Waals surface area contributed by atoms with E-state index in [9.17, 15) is 8.76 Å². The Morgan fingerprint density at radius 2 is 2.38 bits per heavy atom. The van der Waals surface area contributed by atoms with E-state index in [1.807, 2.05) is 19.1 Å². The molecule has 90 valence electrons. The van der Waals surface area contributed by atoms with Crippen LogP contribution in [-0.2, 0) is 17.5 Å². The lowest BCUT2D eigenvalue weighted by Crippen LogP contribution is -2.27. The van der Waals surface area contributed by atoms with Gasteiger partial charge in [-0.15, -0.1) is 0 Å². The first-order valence-electron chi connectivity index (χ1n) is 5.28. The van der Waals surface area contributed by atoms with Crippen LogP contribution in [-0.4, -0.2) is 25.5 Å². The summed E-state index contributed by atoms with van der Waals surface area (Å²) in [6.45, 7) is 1.90. The predicted molar refractivity (Wildman–Crippen MR) is 63.5 cm³/mol. The number of hydrogen-bond acceptors (Lipinski definition) is 4. The van der Waals surface area contributed by atoms with Crippen LogP contribution in [0.3, 0.4) is 0 Å². The van der Waals surface area contributed by atoms with E-state index >= 15 is 0 Å². The SMILES string of the molecule is CC(CC(N)Cc1cccnc1)CS(=O)[O-]. The molecule has 3 unspecified atom stereocenters. The minimum absolute atomic E-state index is 0.0113. The lowest BCUT2D eigenvalue weighted by atomic mass is 9.99. The third kappa shape index (κ3) is 5.34. The van der Waals surface area contributed by atoms with E-state index in [4.69, 9.17) is 5.73 Å². The van der Waals surface area contributed by atoms with Crippen molar-refractivity contribution in [2.24, 2.45) is 11.7 Å². The number of aromatic nitrogens is 1. The highest BCUT2D eigenvalue weighted by Crippen LogP contribution is 2.10. The Morgan fingerprint density at radius 3 is 2.94 bits per heavy atom. The van der Waals surface area contributed by atoms with Gasteiger partial charge in [0, 0.05) is 24.2 Å². The average Bonchev–Trinajstić information content (AvgIpc) is 2.17. The summed E-state index contributed by atoms with van der Waals surface area (Å²) in [5.74, 6) is 0.283. The molecule has 3 atom stereocenters. The molecule has 0 spiro atoms. The Hall–Kier alpha value is -0.780. The van der Waals surface area contributed by atoms with Gasteiger partial charge in [0.15, 0.2) is 0 Å². The number of pyridine rings is 1. The fourth-order valence-electron chi connectivity index (χ4n) is 1.72. The summed E-state index contributed by atoms with van der Waals surface area (Å²) in [5.41, 5.74) is 7.04. The Labute approximate surface area is 98.6 Å². The van der Waals surface area contributed by atoms with Crippen LogP contribution < -0.4 is 5.73 Å². The van der Waals surface area contributed by atoms with Gasteiger partial charge in [-0.05, 0) is 30.4 Å². The first-order chi connectivity index (χ1) is 7.58. The van der Waals surface area contributed by atoms with Crippen LogP contribution in [0.15, 0.2) is 24.5 Å². The smallest absolute Gasteiger partial charge is 0.0300 e. The van der Waals surface area contributed by atoms with Crippen LogP contribution in [0.5, 0.6) is 0 Å². The van der Waals surface area contributed by atoms with E-state index in [0.717, 1.165) is 12.0 Å². The van der Waals surface area contributed by atoms with Crippen molar-refractivity contribution >= 4 is 11.1 Å². The van der Waals surface area contributed by atoms with Crippen molar-refractivity contribution in [3.63, 3.8) is 0 Å². The highest BCUT2D eigenvalue weighted by molar-refractivity contribution is 7.79. The largest absolute Gasteiger partial charge is 0.772 e. The molecule has 0 aliphatic heterocycles. The Kier molecular flexibility index (Phi) is 5.59. The van der Waals surface area contributed by atoms with Crippen molar-refractivity contribution in [1.29, 1.82) is 0 Å². The molecule has 1 aromatic rings. The van der Waals surface area contributed by atoms with E-state index < -0.39 is 11.1 Å². The predicted octanol–water partition coefficient (Wildman–Crippen LogP) is 0.857. The molecule has 0 fully saturated rings. The summed E-state index contributed by atoms with van der Waals surface area (Å²) in [4.78, 5) is 4.01. The summed E-state index contributed by atoms with van der Waals surface area (Å²) in [6.07, 6.45) is 4.96. The van der Waals surface area contributed by atoms with Gasteiger partial charge < -0.3 is 10.3 Å². The minimum Gasteiger partial charge on any atom is -0.772 e. The van der Waals surface area contributed by atoms with Crippen molar-refractivity contribution in [2.45, 2.75) is 25.8 Å². The molecule has 4 nitrogen and oxygen atoms in total. The zero-order chi connectivity index (χ0) is 12.0. The lowest BCUT2D eigenvalue weighted by Gasteiger charge is -2.18. The fourth-order valence-corrected chi connectivity index (χ4v) is 2.32. The standard InChI is InChI=1S/C11H18N2O2S/c1-9(8-16(14)15)5-11(12)6-10-3-2-4-13-7-10/h2-4,7,9,11H,5-6,8,12H2,1H3,(H,14,15)/p-1. The topological polar surface area (TPSA) is 79.0 Å². The first-order valence-corrected chi connectivity index (χ1v) is 6.52. The van der Waals surface area contributed by atoms with Crippen molar-refractivity contribution < 1.29 is 8.76 Å². The minimum atomic E-state index is -1.98. The number of hydrogen-bond donors (Lipinski definition) is 1. The van der Waals surface area contributed by atoms with E-state index in [1.54, 1.807) is 12.4 Å². The Morgan fingerprint density at radius 1 is 1.62 bits per heavy atom. The zero-order valence-electron chi connectivity index (χ0n) is 9.33. The maximum atomic E-state index is 10.5. The normalized spacial score (nSPS) is 16.7. The molecule has 0 radical (unpaired) electrons. The highest BCUT2D eigenvalue weighted by Gasteiger charge is 2.10. The number of rotatable bonds is 6. The lowest BCUT2D eigenvalue weighted by molar-refractivity contribution is 0.474. The Bertz CT molecular complexity index is 332. The first kappa shape index (κ1) is 13.3. The summed E-state index contributed by atoms with van der Waals surface area (Å²) in [7, 11) is 0. The van der Waals surface area contributed by atoms with Crippen molar-refractivity contribution in [3.8, 4) is 0 Å². The van der Waals surface area contributed by atoms with Crippen LogP contribution in [0.25, 0.3) is 0 Å². The van der Waals surface area contributed by atoms with Crippen LogP contribution in [0.4, 0.5) is 0 Å². The Balaban J connectivity index is 2.36. The average molecular weight is 241 g/mol. The second-order valence-corrected chi connectivity index (χ2v) is 5.08. The second-order valence-electron chi connectivity index (χ2n) is 4.14. The molecular formula is C11H17N2O2S-. The van der Waals surface area contributed by atoms with Gasteiger partial charge in [0.25, 0.3) is 0 Å². The molecule has 2 N–H and O–H groups in total. The fraction of sp³-hybridized carbons (Fsp3) is 0.545. The maximum Gasteiger partial charge on any atom is 0.0300 e. The van der Waals surface area contributed by atoms with Crippen LogP contribution in [0, 0.1) is 5.92 Å². The van der Waals surface area contributed by atoms with Gasteiger partial charge in [-0.25, -0.2) is 0 Å². The second kappa shape index (κ2) is 6.73. The highest BCUT2D eigenvalue weighted by atomic mass is 32.2. The third-order valence-electron chi connectivity index (χ3n) is 2.35. The quantitative estimate of drug-likeness (QED) is 0.749. The van der Waals surface area contributed by atoms with Crippen LogP contribution in [0.1, 0.15) is 18.9 Å². The summed E-state index contributed by atoms with van der Waals surface area (Å²) < 4.78 is 21.0. The summed E-state index contributed by atoms with van der Waals surface area (Å²) in [6, 6.07) is 3.84. The van der Waals surface area contributed by atoms with Crippen LogP contribution in [0.2, 0.25) is 0 Å².